The van der Waals surface area contributed by atoms with Crippen LogP contribution in [-0.2, 0) is 21.5 Å². The lowest BCUT2D eigenvalue weighted by Crippen LogP contribution is -2.49. The molecule has 1 unspecified atom stereocenters. The largest absolute Gasteiger partial charge is 0.490 e. The van der Waals surface area contributed by atoms with Crippen LogP contribution in [0.3, 0.4) is 0 Å². The molecular weight excluding hydrogens is 556 g/mol. The Morgan fingerprint density at radius 3 is 2.73 bits per heavy atom. The molecule has 4 aliphatic rings. The molecule has 2 heterocycles. The van der Waals surface area contributed by atoms with Gasteiger partial charge in [0.2, 0.25) is 0 Å². The van der Waals surface area contributed by atoms with E-state index in [1.165, 1.54) is 11.1 Å². The number of carbonyl (C=O) groups is 1. The molecule has 2 aromatic carbocycles. The summed E-state index contributed by atoms with van der Waals surface area (Å²) in [5.41, 5.74) is 3.73. The number of rotatable bonds is 0. The fraction of sp³-hybridized carbons (Fsp3) is 0.576. The van der Waals surface area contributed by atoms with Gasteiger partial charge in [0.15, 0.2) is 0 Å². The van der Waals surface area contributed by atoms with Gasteiger partial charge in [-0.1, -0.05) is 31.0 Å². The molecule has 7 atom stereocenters. The SMILES string of the molecule is C=S1(=O)NC(=O)c2ccc3c(c2)N(C[C@@H]2CC[C@H]2[C@@H](O)CCC[C@H](C)[C@H]1C)C[C@@]1(CCCc2cc(Cl)ccc21)CO3. The maximum absolute atomic E-state index is 13.6. The number of halogens is 1. The minimum atomic E-state index is -2.88. The number of nitrogens with one attached hydrogen (secondary N) is 1. The number of ether oxygens (including phenoxy) is 1. The number of aliphatic hydroxyl groups is 1. The molecule has 1 spiro atoms. The summed E-state index contributed by atoms with van der Waals surface area (Å²) in [5, 5.41) is 11.7. The molecule has 2 N–H and O–H groups in total. The van der Waals surface area contributed by atoms with Gasteiger partial charge >= 0.3 is 0 Å². The van der Waals surface area contributed by atoms with Crippen LogP contribution < -0.4 is 14.4 Å². The van der Waals surface area contributed by atoms with Crippen molar-refractivity contribution < 1.29 is 18.8 Å². The Balaban J connectivity index is 1.41. The Kier molecular flexibility index (Phi) is 7.84. The van der Waals surface area contributed by atoms with E-state index in [1.54, 1.807) is 6.07 Å². The second kappa shape index (κ2) is 11.1. The van der Waals surface area contributed by atoms with Crippen molar-refractivity contribution in [2.24, 2.45) is 17.8 Å². The first-order valence-corrected chi connectivity index (χ1v) is 17.4. The van der Waals surface area contributed by atoms with Gasteiger partial charge in [-0.15, -0.1) is 0 Å². The molecule has 2 bridgehead atoms. The molecule has 6 nitrogen and oxygen atoms in total. The number of carbonyl (C=O) groups excluding carboxylic acids is 1. The Bertz CT molecular complexity index is 1430. The van der Waals surface area contributed by atoms with Crippen molar-refractivity contribution in [1.82, 2.24) is 4.72 Å². The fourth-order valence-electron chi connectivity index (χ4n) is 7.65. The number of anilines is 1. The van der Waals surface area contributed by atoms with Crippen molar-refractivity contribution in [2.45, 2.75) is 82.0 Å². The van der Waals surface area contributed by atoms with Crippen molar-refractivity contribution in [3.63, 3.8) is 0 Å². The van der Waals surface area contributed by atoms with Gasteiger partial charge in [0, 0.05) is 34.3 Å². The first-order chi connectivity index (χ1) is 19.6. The zero-order valence-electron chi connectivity index (χ0n) is 24.2. The summed E-state index contributed by atoms with van der Waals surface area (Å²) in [5.74, 6) is 5.10. The second-order valence-corrected chi connectivity index (χ2v) is 16.0. The molecule has 0 radical (unpaired) electrons. The van der Waals surface area contributed by atoms with Gasteiger partial charge < -0.3 is 14.7 Å². The lowest BCUT2D eigenvalue weighted by Gasteiger charge is -2.46. The number of benzene rings is 2. The molecule has 2 aliphatic carbocycles. The Morgan fingerprint density at radius 2 is 1.95 bits per heavy atom. The Morgan fingerprint density at radius 1 is 1.12 bits per heavy atom. The third-order valence-electron chi connectivity index (χ3n) is 10.6. The molecule has 6 rings (SSSR count). The molecular formula is C33H43ClN2O4S. The quantitative estimate of drug-likeness (QED) is 0.377. The third-order valence-corrected chi connectivity index (χ3v) is 13.0. The number of aryl methyl sites for hydroxylation is 1. The van der Waals surface area contributed by atoms with Gasteiger partial charge in [0.05, 0.1) is 28.1 Å². The zero-order chi connectivity index (χ0) is 28.9. The van der Waals surface area contributed by atoms with E-state index in [2.05, 4.69) is 34.5 Å². The van der Waals surface area contributed by atoms with Crippen LogP contribution in [0.15, 0.2) is 36.4 Å². The van der Waals surface area contributed by atoms with Crippen LogP contribution >= 0.6 is 11.6 Å². The lowest BCUT2D eigenvalue weighted by molar-refractivity contribution is 0.00857. The van der Waals surface area contributed by atoms with Crippen LogP contribution in [0.1, 0.15) is 80.3 Å². The first kappa shape index (κ1) is 28.9. The van der Waals surface area contributed by atoms with Crippen molar-refractivity contribution in [2.75, 3.05) is 24.6 Å². The zero-order valence-corrected chi connectivity index (χ0v) is 25.8. The van der Waals surface area contributed by atoms with Crippen LogP contribution in [0.2, 0.25) is 5.02 Å². The standard InChI is InChI=1S/C33H43ClN2O4S/c1-21-6-4-8-30(37)27-12-9-25(27)18-36-19-33(15-5-7-23-16-26(34)11-13-28(23)33)20-40-31-14-10-24(17-29(31)36)32(38)35-41(3,39)22(21)2/h10-11,13-14,16-17,21-22,25,27,30,37H,3-9,12,15,18-20H2,1-2H3,(H,35,38,39)/t21-,22+,25-,27+,30-,33-,41?/m0/s1. The monoisotopic (exact) mass is 598 g/mol. The molecule has 0 saturated heterocycles. The van der Waals surface area contributed by atoms with E-state index in [4.69, 9.17) is 16.3 Å². The summed E-state index contributed by atoms with van der Waals surface area (Å²) in [6.45, 7) is 6.08. The van der Waals surface area contributed by atoms with E-state index in [1.807, 2.05) is 25.1 Å². The van der Waals surface area contributed by atoms with Crippen molar-refractivity contribution in [3.05, 3.63) is 58.1 Å². The summed E-state index contributed by atoms with van der Waals surface area (Å²) >= 11 is 6.40. The van der Waals surface area contributed by atoms with Crippen LogP contribution in [0.5, 0.6) is 5.75 Å². The second-order valence-electron chi connectivity index (χ2n) is 13.1. The van der Waals surface area contributed by atoms with E-state index in [9.17, 15) is 14.1 Å². The molecule has 8 heteroatoms. The van der Waals surface area contributed by atoms with Gasteiger partial charge in [0.25, 0.3) is 5.91 Å². The summed E-state index contributed by atoms with van der Waals surface area (Å²) in [6, 6.07) is 11.8. The van der Waals surface area contributed by atoms with Crippen LogP contribution in [0.25, 0.3) is 0 Å². The highest BCUT2D eigenvalue weighted by molar-refractivity contribution is 7.99. The lowest BCUT2D eigenvalue weighted by atomic mass is 9.68. The molecule has 1 amide bonds. The van der Waals surface area contributed by atoms with Crippen LogP contribution in [-0.4, -0.2) is 52.1 Å². The minimum absolute atomic E-state index is 0.109. The molecule has 222 valence electrons. The molecule has 41 heavy (non-hydrogen) atoms. The smallest absolute Gasteiger partial charge is 0.262 e. The maximum atomic E-state index is 13.6. The van der Waals surface area contributed by atoms with Gasteiger partial charge in [-0.05, 0) is 117 Å². The van der Waals surface area contributed by atoms with Crippen LogP contribution in [0.4, 0.5) is 5.69 Å². The number of amides is 1. The molecule has 2 aromatic rings. The summed E-state index contributed by atoms with van der Waals surface area (Å²) in [7, 11) is -2.88. The van der Waals surface area contributed by atoms with Gasteiger partial charge in [0.1, 0.15) is 5.75 Å². The number of nitrogens with zero attached hydrogens (tertiary/aromatic N) is 1. The molecule has 1 saturated carbocycles. The minimum Gasteiger partial charge on any atom is -0.490 e. The molecule has 0 aromatic heterocycles. The number of hydrogen-bond acceptors (Lipinski definition) is 5. The normalized spacial score (nSPS) is 35.8. The van der Waals surface area contributed by atoms with E-state index >= 15 is 0 Å². The van der Waals surface area contributed by atoms with Gasteiger partial charge in [-0.25, -0.2) is 4.21 Å². The van der Waals surface area contributed by atoms with Crippen molar-refractivity contribution in [1.29, 1.82) is 0 Å². The van der Waals surface area contributed by atoms with E-state index in [-0.39, 0.29) is 34.5 Å². The average molecular weight is 599 g/mol. The summed E-state index contributed by atoms with van der Waals surface area (Å²) in [4.78, 5) is 15.9. The van der Waals surface area contributed by atoms with Gasteiger partial charge in [-0.2, -0.15) is 0 Å². The molecule has 2 aliphatic heterocycles. The maximum Gasteiger partial charge on any atom is 0.262 e. The number of hydrogen-bond donors (Lipinski definition) is 2. The van der Waals surface area contributed by atoms with Gasteiger partial charge in [-0.3, -0.25) is 9.52 Å². The highest BCUT2D eigenvalue weighted by atomic mass is 35.5. The topological polar surface area (TPSA) is 78.9 Å². The fourth-order valence-corrected chi connectivity index (χ4v) is 9.35. The Labute approximate surface area is 249 Å². The number of fused-ring (bicyclic) bond motifs is 4. The first-order valence-electron chi connectivity index (χ1n) is 15.2. The van der Waals surface area contributed by atoms with E-state index in [0.29, 0.717) is 18.1 Å². The van der Waals surface area contributed by atoms with E-state index < -0.39 is 9.71 Å². The van der Waals surface area contributed by atoms with Crippen molar-refractivity contribution in [3.8, 4) is 5.75 Å². The highest BCUT2D eigenvalue weighted by Gasteiger charge is 2.44. The average Bonchev–Trinajstić information content (AvgIpc) is 3.06. The molecule has 1 fully saturated rings. The van der Waals surface area contributed by atoms with E-state index in [0.717, 1.165) is 80.9 Å². The summed E-state index contributed by atoms with van der Waals surface area (Å²) < 4.78 is 23.0. The highest BCUT2D eigenvalue weighted by Crippen LogP contribution is 2.47. The summed E-state index contributed by atoms with van der Waals surface area (Å²) in [6.07, 6.45) is 7.31. The van der Waals surface area contributed by atoms with Crippen LogP contribution in [0, 0.1) is 17.8 Å². The predicted octanol–water partition coefficient (Wildman–Crippen LogP) is 5.77. The Hall–Kier alpha value is -2.22. The number of aliphatic hydroxyl groups excluding tert-OH is 1. The predicted molar refractivity (Wildman–Crippen MR) is 168 cm³/mol. The van der Waals surface area contributed by atoms with Crippen molar-refractivity contribution >= 4 is 38.8 Å². The third kappa shape index (κ3) is 5.50.